The lowest BCUT2D eigenvalue weighted by molar-refractivity contribution is 1.66. The summed E-state index contributed by atoms with van der Waals surface area (Å²) in [5.41, 5.74) is 1.24. The average molecular weight is 144 g/mol. The van der Waals surface area contributed by atoms with Gasteiger partial charge in [-0.1, -0.05) is 54.6 Å². The van der Waals surface area contributed by atoms with Crippen molar-refractivity contribution in [2.75, 3.05) is 0 Å². The lowest BCUT2D eigenvalue weighted by Crippen LogP contribution is -1.66. The van der Waals surface area contributed by atoms with E-state index in [0.29, 0.717) is 0 Å². The summed E-state index contributed by atoms with van der Waals surface area (Å²) in [7, 11) is 0. The molecule has 0 N–H and O–H groups in total. The zero-order valence-corrected chi connectivity index (χ0v) is 6.70. The molecule has 1 rings (SSSR count). The Morgan fingerprint density at radius 3 is 2.36 bits per heavy atom. The molecule has 0 fully saturated rings. The summed E-state index contributed by atoms with van der Waals surface area (Å²) in [4.78, 5) is 0. The minimum Gasteiger partial charge on any atom is -0.0877 e. The first-order valence-corrected chi connectivity index (χ1v) is 3.78. The Morgan fingerprint density at radius 1 is 1.00 bits per heavy atom. The van der Waals surface area contributed by atoms with Crippen molar-refractivity contribution in [3.8, 4) is 0 Å². The van der Waals surface area contributed by atoms with E-state index in [4.69, 9.17) is 0 Å². The van der Waals surface area contributed by atoms with Crippen molar-refractivity contribution >= 4 is 6.08 Å². The van der Waals surface area contributed by atoms with E-state index in [-0.39, 0.29) is 0 Å². The van der Waals surface area contributed by atoms with Gasteiger partial charge in [-0.15, -0.1) is 0 Å². The Morgan fingerprint density at radius 2 is 1.73 bits per heavy atom. The zero-order chi connectivity index (χ0) is 7.94. The Balaban J connectivity index is 2.64. The summed E-state index contributed by atoms with van der Waals surface area (Å²) in [6.45, 7) is 2.01. The van der Waals surface area contributed by atoms with E-state index < -0.39 is 0 Å². The fourth-order valence-electron chi connectivity index (χ4n) is 0.842. The summed E-state index contributed by atoms with van der Waals surface area (Å²) in [5.74, 6) is 0. The van der Waals surface area contributed by atoms with Gasteiger partial charge in [-0.25, -0.2) is 0 Å². The van der Waals surface area contributed by atoms with E-state index in [0.717, 1.165) is 0 Å². The summed E-state index contributed by atoms with van der Waals surface area (Å²) in [6, 6.07) is 10.3. The van der Waals surface area contributed by atoms with E-state index in [9.17, 15) is 0 Å². The van der Waals surface area contributed by atoms with Crippen LogP contribution in [0.5, 0.6) is 0 Å². The van der Waals surface area contributed by atoms with Gasteiger partial charge >= 0.3 is 0 Å². The van der Waals surface area contributed by atoms with Crippen molar-refractivity contribution in [3.05, 3.63) is 54.1 Å². The average Bonchev–Trinajstić information content (AvgIpc) is 2.07. The van der Waals surface area contributed by atoms with Crippen molar-refractivity contribution in [2.45, 2.75) is 6.92 Å². The molecule has 56 valence electrons. The third-order valence-electron chi connectivity index (χ3n) is 1.39. The highest BCUT2D eigenvalue weighted by Crippen LogP contribution is 2.00. The fraction of sp³-hybridized carbons (Fsp3) is 0.0909. The topological polar surface area (TPSA) is 0 Å². The Labute approximate surface area is 67.9 Å². The van der Waals surface area contributed by atoms with Crippen LogP contribution in [0.3, 0.4) is 0 Å². The molecule has 0 amide bonds. The lowest BCUT2D eigenvalue weighted by atomic mass is 10.2. The first-order chi connectivity index (χ1) is 5.43. The maximum absolute atomic E-state index is 2.08. The van der Waals surface area contributed by atoms with Gasteiger partial charge in [0.15, 0.2) is 0 Å². The summed E-state index contributed by atoms with van der Waals surface area (Å²) in [6.07, 6.45) is 8.15. The maximum atomic E-state index is 2.08. The zero-order valence-electron chi connectivity index (χ0n) is 6.70. The number of rotatable bonds is 2. The van der Waals surface area contributed by atoms with Gasteiger partial charge in [-0.3, -0.25) is 0 Å². The van der Waals surface area contributed by atoms with Crippen LogP contribution in [-0.2, 0) is 0 Å². The van der Waals surface area contributed by atoms with Gasteiger partial charge in [0.05, 0.1) is 0 Å². The largest absolute Gasteiger partial charge is 0.0877 e. The normalized spacial score (nSPS) is 11.4. The highest BCUT2D eigenvalue weighted by Gasteiger charge is 1.78. The van der Waals surface area contributed by atoms with E-state index >= 15 is 0 Å². The molecule has 11 heavy (non-hydrogen) atoms. The summed E-state index contributed by atoms with van der Waals surface area (Å²) >= 11 is 0. The molecular formula is C11H12. The molecule has 0 aliphatic carbocycles. The van der Waals surface area contributed by atoms with Crippen LogP contribution in [0.2, 0.25) is 0 Å². The fourth-order valence-corrected chi connectivity index (χ4v) is 0.842. The van der Waals surface area contributed by atoms with Gasteiger partial charge < -0.3 is 0 Å². The monoisotopic (exact) mass is 144 g/mol. The van der Waals surface area contributed by atoms with Crippen molar-refractivity contribution in [1.82, 2.24) is 0 Å². The van der Waals surface area contributed by atoms with Crippen LogP contribution in [0.25, 0.3) is 6.08 Å². The highest BCUT2D eigenvalue weighted by molar-refractivity contribution is 5.50. The van der Waals surface area contributed by atoms with Gasteiger partial charge in [0.25, 0.3) is 0 Å². The third kappa shape index (κ3) is 2.85. The molecule has 0 unspecified atom stereocenters. The van der Waals surface area contributed by atoms with Crippen LogP contribution in [0.1, 0.15) is 12.5 Å². The number of hydrogen-bond donors (Lipinski definition) is 0. The summed E-state index contributed by atoms with van der Waals surface area (Å²) in [5, 5.41) is 0. The Bertz CT molecular complexity index is 242. The van der Waals surface area contributed by atoms with Crippen LogP contribution in [0.15, 0.2) is 48.6 Å². The SMILES string of the molecule is C/C=C/C=C\c1ccccc1. The summed E-state index contributed by atoms with van der Waals surface area (Å²) < 4.78 is 0. The van der Waals surface area contributed by atoms with Gasteiger partial charge in [0.2, 0.25) is 0 Å². The predicted molar refractivity (Wildman–Crippen MR) is 50.3 cm³/mol. The van der Waals surface area contributed by atoms with E-state index in [1.54, 1.807) is 0 Å². The Kier molecular flexibility index (Phi) is 3.20. The molecule has 1 aromatic carbocycles. The molecule has 0 heteroatoms. The van der Waals surface area contributed by atoms with Crippen molar-refractivity contribution in [3.63, 3.8) is 0 Å². The molecule has 0 aliphatic heterocycles. The van der Waals surface area contributed by atoms with E-state index in [2.05, 4.69) is 18.2 Å². The third-order valence-corrected chi connectivity index (χ3v) is 1.39. The molecule has 0 nitrogen and oxygen atoms in total. The van der Waals surface area contributed by atoms with E-state index in [1.165, 1.54) is 5.56 Å². The van der Waals surface area contributed by atoms with Gasteiger partial charge in [0.1, 0.15) is 0 Å². The number of allylic oxidation sites excluding steroid dienone is 3. The molecule has 0 bridgehead atoms. The molecular weight excluding hydrogens is 132 g/mol. The van der Waals surface area contributed by atoms with Gasteiger partial charge in [0, 0.05) is 0 Å². The van der Waals surface area contributed by atoms with Crippen LogP contribution < -0.4 is 0 Å². The molecule has 1 aromatic rings. The quantitative estimate of drug-likeness (QED) is 0.559. The molecule has 0 heterocycles. The predicted octanol–water partition coefficient (Wildman–Crippen LogP) is 3.28. The number of benzene rings is 1. The lowest BCUT2D eigenvalue weighted by Gasteiger charge is -1.87. The van der Waals surface area contributed by atoms with Crippen LogP contribution >= 0.6 is 0 Å². The van der Waals surface area contributed by atoms with Crippen molar-refractivity contribution < 1.29 is 0 Å². The molecule has 0 aromatic heterocycles. The van der Waals surface area contributed by atoms with Gasteiger partial charge in [-0.2, -0.15) is 0 Å². The smallest absolute Gasteiger partial charge is 0.0257 e. The second-order valence-electron chi connectivity index (χ2n) is 2.30. The second kappa shape index (κ2) is 4.51. The Hall–Kier alpha value is -1.30. The van der Waals surface area contributed by atoms with Crippen molar-refractivity contribution in [1.29, 1.82) is 0 Å². The first kappa shape index (κ1) is 7.80. The molecule has 0 aliphatic rings. The first-order valence-electron chi connectivity index (χ1n) is 3.78. The molecule has 0 saturated carbocycles. The number of hydrogen-bond acceptors (Lipinski definition) is 0. The molecule has 0 saturated heterocycles. The standard InChI is InChI=1S/C11H12/c1-2-3-5-8-11-9-6-4-7-10-11/h2-10H,1H3/b3-2+,8-5-. The minimum atomic E-state index is 1.24. The molecule has 0 atom stereocenters. The maximum Gasteiger partial charge on any atom is -0.0257 e. The molecule has 0 radical (unpaired) electrons. The van der Waals surface area contributed by atoms with Gasteiger partial charge in [-0.05, 0) is 12.5 Å². The molecule has 0 spiro atoms. The van der Waals surface area contributed by atoms with E-state index in [1.807, 2.05) is 43.4 Å². The van der Waals surface area contributed by atoms with Crippen LogP contribution in [0.4, 0.5) is 0 Å². The van der Waals surface area contributed by atoms with Crippen LogP contribution in [0, 0.1) is 0 Å². The van der Waals surface area contributed by atoms with Crippen LogP contribution in [-0.4, -0.2) is 0 Å². The highest BCUT2D eigenvalue weighted by atomic mass is 13.8. The second-order valence-corrected chi connectivity index (χ2v) is 2.30. The minimum absolute atomic E-state index is 1.24. The van der Waals surface area contributed by atoms with Crippen molar-refractivity contribution in [2.24, 2.45) is 0 Å².